The fourth-order valence-corrected chi connectivity index (χ4v) is 4.93. The maximum atomic E-state index is 6.70. The van der Waals surface area contributed by atoms with Gasteiger partial charge in [0.1, 0.15) is 0 Å². The third-order valence-electron chi connectivity index (χ3n) is 5.98. The summed E-state index contributed by atoms with van der Waals surface area (Å²) in [4.78, 5) is 0. The summed E-state index contributed by atoms with van der Waals surface area (Å²) < 4.78 is 6.70. The van der Waals surface area contributed by atoms with Gasteiger partial charge in [-0.3, -0.25) is 0 Å². The molecule has 3 aliphatic carbocycles. The van der Waals surface area contributed by atoms with Gasteiger partial charge < -0.3 is 4.65 Å². The highest BCUT2D eigenvalue weighted by Gasteiger charge is 2.38. The Morgan fingerprint density at radius 3 is 1.95 bits per heavy atom. The Morgan fingerprint density at radius 2 is 1.45 bits per heavy atom. The Balaban J connectivity index is 1.72. The topological polar surface area (TPSA) is 9.23 Å². The summed E-state index contributed by atoms with van der Waals surface area (Å²) in [7, 11) is 0. The quantitative estimate of drug-likeness (QED) is 0.536. The minimum Gasteiger partial charge on any atom is -0.560 e. The zero-order valence-corrected chi connectivity index (χ0v) is 14.7. The van der Waals surface area contributed by atoms with Gasteiger partial charge in [-0.05, 0) is 43.0 Å². The molecular formula is C20H33BO. The molecule has 2 heteroatoms. The van der Waals surface area contributed by atoms with Gasteiger partial charge in [0, 0.05) is 0 Å². The molecular weight excluding hydrogens is 267 g/mol. The average Bonchev–Trinajstić information content (AvgIpc) is 2.53. The molecule has 0 heterocycles. The van der Waals surface area contributed by atoms with Crippen LogP contribution in [-0.4, -0.2) is 6.92 Å². The van der Waals surface area contributed by atoms with Crippen LogP contribution in [0.1, 0.15) is 84.5 Å². The Hall–Kier alpha value is -0.655. The zero-order chi connectivity index (χ0) is 15.4. The summed E-state index contributed by atoms with van der Waals surface area (Å²) in [5, 5.41) is 0. The second kappa shape index (κ2) is 7.75. The van der Waals surface area contributed by atoms with Crippen molar-refractivity contribution in [1.29, 1.82) is 0 Å². The molecule has 3 rings (SSSR count). The van der Waals surface area contributed by atoms with E-state index in [2.05, 4.69) is 26.0 Å². The van der Waals surface area contributed by atoms with Crippen molar-refractivity contribution in [2.75, 3.05) is 0 Å². The Morgan fingerprint density at radius 1 is 0.909 bits per heavy atom. The van der Waals surface area contributed by atoms with E-state index in [1.807, 2.05) is 0 Å². The van der Waals surface area contributed by atoms with Crippen molar-refractivity contribution in [3.05, 3.63) is 23.5 Å². The lowest BCUT2D eigenvalue weighted by Gasteiger charge is -2.35. The summed E-state index contributed by atoms with van der Waals surface area (Å²) in [6, 6.07) is 0. The molecule has 1 unspecified atom stereocenters. The van der Waals surface area contributed by atoms with Crippen molar-refractivity contribution in [2.24, 2.45) is 5.92 Å². The first kappa shape index (κ1) is 16.2. The van der Waals surface area contributed by atoms with Gasteiger partial charge in [0.2, 0.25) is 0 Å². The molecule has 0 amide bonds. The Kier molecular flexibility index (Phi) is 5.71. The molecule has 0 aliphatic heterocycles. The molecule has 122 valence electrons. The first-order valence-electron chi connectivity index (χ1n) is 9.78. The molecule has 0 saturated heterocycles. The van der Waals surface area contributed by atoms with Crippen molar-refractivity contribution in [2.45, 2.75) is 96.1 Å². The van der Waals surface area contributed by atoms with Gasteiger partial charge in [0.05, 0.1) is 5.76 Å². The molecule has 0 aromatic rings. The summed E-state index contributed by atoms with van der Waals surface area (Å²) in [5.41, 5.74) is 1.48. The zero-order valence-electron chi connectivity index (χ0n) is 14.7. The van der Waals surface area contributed by atoms with Crippen LogP contribution in [0, 0.1) is 5.92 Å². The van der Waals surface area contributed by atoms with Crippen molar-refractivity contribution < 1.29 is 4.65 Å². The van der Waals surface area contributed by atoms with E-state index in [9.17, 15) is 0 Å². The van der Waals surface area contributed by atoms with Gasteiger partial charge >= 0.3 is 6.92 Å². The van der Waals surface area contributed by atoms with Crippen molar-refractivity contribution in [3.8, 4) is 0 Å². The summed E-state index contributed by atoms with van der Waals surface area (Å²) in [6.07, 6.45) is 20.0. The molecule has 0 radical (unpaired) electrons. The first-order chi connectivity index (χ1) is 10.7. The standard InChI is InChI=1S/C20H33BO/c1-16-13-17(2)15-20(14-16)22-21(18-9-5-3-6-10-18)19-11-7-4-8-12-19/h14-16,18-19H,3-13H2,1-2H3. The minimum atomic E-state index is 0.487. The highest BCUT2D eigenvalue weighted by molar-refractivity contribution is 6.55. The molecule has 1 nitrogen and oxygen atoms in total. The number of allylic oxidation sites excluding steroid dienone is 3. The van der Waals surface area contributed by atoms with Crippen LogP contribution in [0.5, 0.6) is 0 Å². The van der Waals surface area contributed by atoms with E-state index in [1.165, 1.54) is 82.0 Å². The number of rotatable bonds is 4. The van der Waals surface area contributed by atoms with Crippen LogP contribution in [0.4, 0.5) is 0 Å². The third kappa shape index (κ3) is 4.21. The van der Waals surface area contributed by atoms with Gasteiger partial charge in [-0.2, -0.15) is 0 Å². The smallest absolute Gasteiger partial charge is 0.363 e. The van der Waals surface area contributed by atoms with E-state index in [1.54, 1.807) is 0 Å². The molecule has 0 aromatic carbocycles. The van der Waals surface area contributed by atoms with Crippen LogP contribution in [0.3, 0.4) is 0 Å². The van der Waals surface area contributed by atoms with Crippen LogP contribution in [0.2, 0.25) is 11.6 Å². The van der Waals surface area contributed by atoms with E-state index < -0.39 is 0 Å². The van der Waals surface area contributed by atoms with Crippen LogP contribution in [0.25, 0.3) is 0 Å². The van der Waals surface area contributed by atoms with Gasteiger partial charge in [-0.1, -0.05) is 76.7 Å². The van der Waals surface area contributed by atoms with E-state index >= 15 is 0 Å². The number of hydrogen-bond donors (Lipinski definition) is 0. The second-order valence-electron chi connectivity index (χ2n) is 8.12. The average molecular weight is 300 g/mol. The Bertz CT molecular complexity index is 395. The SMILES string of the molecule is CC1=CC(OB(C2CCCCC2)C2CCCCC2)=CC(C)C1. The van der Waals surface area contributed by atoms with E-state index in [4.69, 9.17) is 4.65 Å². The second-order valence-corrected chi connectivity index (χ2v) is 8.12. The minimum absolute atomic E-state index is 0.487. The van der Waals surface area contributed by atoms with Crippen molar-refractivity contribution in [1.82, 2.24) is 0 Å². The highest BCUT2D eigenvalue weighted by atomic mass is 16.4. The largest absolute Gasteiger partial charge is 0.560 e. The summed E-state index contributed by atoms with van der Waals surface area (Å²) in [6.45, 7) is 5.06. The third-order valence-corrected chi connectivity index (χ3v) is 5.98. The maximum Gasteiger partial charge on any atom is 0.363 e. The molecule has 2 fully saturated rings. The van der Waals surface area contributed by atoms with Crippen molar-refractivity contribution >= 4 is 6.92 Å². The number of hydrogen-bond acceptors (Lipinski definition) is 1. The van der Waals surface area contributed by atoms with Crippen LogP contribution in [-0.2, 0) is 4.65 Å². The van der Waals surface area contributed by atoms with Gasteiger partial charge in [-0.15, -0.1) is 0 Å². The van der Waals surface area contributed by atoms with Crippen molar-refractivity contribution in [3.63, 3.8) is 0 Å². The van der Waals surface area contributed by atoms with Crippen LogP contribution >= 0.6 is 0 Å². The van der Waals surface area contributed by atoms with E-state index in [-0.39, 0.29) is 0 Å². The lowest BCUT2D eigenvalue weighted by molar-refractivity contribution is 0.358. The molecule has 0 spiro atoms. The summed E-state index contributed by atoms with van der Waals surface area (Å²) in [5.74, 6) is 3.43. The van der Waals surface area contributed by atoms with Gasteiger partial charge in [0.15, 0.2) is 0 Å². The first-order valence-corrected chi connectivity index (χ1v) is 9.78. The van der Waals surface area contributed by atoms with E-state index in [0.717, 1.165) is 11.6 Å². The molecule has 22 heavy (non-hydrogen) atoms. The fraction of sp³-hybridized carbons (Fsp3) is 0.800. The van der Waals surface area contributed by atoms with Crippen LogP contribution in [0.15, 0.2) is 23.5 Å². The highest BCUT2D eigenvalue weighted by Crippen LogP contribution is 2.43. The summed E-state index contributed by atoms with van der Waals surface area (Å²) >= 11 is 0. The maximum absolute atomic E-state index is 6.70. The lowest BCUT2D eigenvalue weighted by Crippen LogP contribution is -2.33. The lowest BCUT2D eigenvalue weighted by atomic mass is 9.41. The molecule has 2 saturated carbocycles. The monoisotopic (exact) mass is 300 g/mol. The van der Waals surface area contributed by atoms with Gasteiger partial charge in [-0.25, -0.2) is 0 Å². The normalized spacial score (nSPS) is 28.0. The molecule has 1 atom stereocenters. The van der Waals surface area contributed by atoms with Gasteiger partial charge in [0.25, 0.3) is 0 Å². The molecule has 0 aromatic heterocycles. The predicted octanol–water partition coefficient (Wildman–Crippen LogP) is 6.53. The molecule has 3 aliphatic rings. The molecule has 0 bridgehead atoms. The van der Waals surface area contributed by atoms with E-state index in [0.29, 0.717) is 12.8 Å². The predicted molar refractivity (Wildman–Crippen MR) is 96.1 cm³/mol. The Labute approximate surface area is 137 Å². The molecule has 0 N–H and O–H groups in total. The fourth-order valence-electron chi connectivity index (χ4n) is 4.93. The van der Waals surface area contributed by atoms with Crippen LogP contribution < -0.4 is 0 Å².